The van der Waals surface area contributed by atoms with Gasteiger partial charge in [0.15, 0.2) is 5.75 Å². The molecular weight excluding hydrogens is 266 g/mol. The van der Waals surface area contributed by atoms with Gasteiger partial charge in [0.05, 0.1) is 10.5 Å². The molecule has 2 rings (SSSR count). The predicted octanol–water partition coefficient (Wildman–Crippen LogP) is 1.37. The summed E-state index contributed by atoms with van der Waals surface area (Å²) >= 11 is 0. The van der Waals surface area contributed by atoms with E-state index < -0.39 is 10.8 Å². The third kappa shape index (κ3) is 2.93. The highest BCUT2D eigenvalue weighted by Crippen LogP contribution is 2.26. The fourth-order valence-electron chi connectivity index (χ4n) is 1.54. The van der Waals surface area contributed by atoms with Crippen LogP contribution < -0.4 is 16.0 Å². The molecule has 0 bridgehead atoms. The van der Waals surface area contributed by atoms with Crippen molar-refractivity contribution in [3.63, 3.8) is 0 Å². The van der Waals surface area contributed by atoms with E-state index >= 15 is 0 Å². The van der Waals surface area contributed by atoms with Crippen LogP contribution in [0.2, 0.25) is 0 Å². The zero-order valence-electron chi connectivity index (χ0n) is 10.2. The largest absolute Gasteiger partial charge is 0.479 e. The lowest BCUT2D eigenvalue weighted by Crippen LogP contribution is -2.29. The van der Waals surface area contributed by atoms with Gasteiger partial charge in [0.2, 0.25) is 0 Å². The van der Waals surface area contributed by atoms with Gasteiger partial charge in [0, 0.05) is 6.07 Å². The number of benzene rings is 1. The zero-order valence-corrected chi connectivity index (χ0v) is 10.2. The normalized spacial score (nSPS) is 10.1. The quantitative estimate of drug-likeness (QED) is 0.368. The fourth-order valence-corrected chi connectivity index (χ4v) is 1.54. The first-order valence-corrected chi connectivity index (χ1v) is 5.56. The van der Waals surface area contributed by atoms with Crippen LogP contribution in [0, 0.1) is 10.1 Å². The van der Waals surface area contributed by atoms with Gasteiger partial charge in [-0.3, -0.25) is 20.3 Å². The van der Waals surface area contributed by atoms with E-state index in [0.717, 1.165) is 0 Å². The number of nitro benzene ring substituents is 1. The van der Waals surface area contributed by atoms with Crippen LogP contribution in [0.15, 0.2) is 41.0 Å². The molecule has 3 N–H and O–H groups in total. The lowest BCUT2D eigenvalue weighted by atomic mass is 10.3. The molecule has 1 aromatic heterocycles. The lowest BCUT2D eigenvalue weighted by molar-refractivity contribution is -0.386. The number of carbonyl (C=O) groups excluding carboxylic acids is 1. The minimum absolute atomic E-state index is 0.0390. The number of carbonyl (C=O) groups is 1. The molecule has 0 spiro atoms. The molecule has 104 valence electrons. The highest BCUT2D eigenvalue weighted by Gasteiger charge is 2.15. The standard InChI is InChI=1S/C12H11N3O5/c13-14-12(16)8-5-9(19-6-8)7-20-11-4-2-1-3-10(11)15(17)18/h1-6H,7,13H2,(H,14,16). The Labute approximate surface area is 113 Å². The number of ether oxygens (including phenoxy) is 1. The van der Waals surface area contributed by atoms with Gasteiger partial charge < -0.3 is 9.15 Å². The molecule has 0 aliphatic rings. The first kappa shape index (κ1) is 13.6. The summed E-state index contributed by atoms with van der Waals surface area (Å²) in [6.07, 6.45) is 1.22. The predicted molar refractivity (Wildman–Crippen MR) is 67.8 cm³/mol. The number of amides is 1. The Hall–Kier alpha value is -2.87. The van der Waals surface area contributed by atoms with Crippen molar-refractivity contribution in [1.29, 1.82) is 0 Å². The Kier molecular flexibility index (Phi) is 3.96. The number of nitrogens with zero attached hydrogens (tertiary/aromatic N) is 1. The maximum Gasteiger partial charge on any atom is 0.310 e. The van der Waals surface area contributed by atoms with Crippen LogP contribution >= 0.6 is 0 Å². The molecule has 1 aromatic carbocycles. The van der Waals surface area contributed by atoms with Crippen LogP contribution in [0.1, 0.15) is 16.1 Å². The SMILES string of the molecule is NNC(=O)c1coc(COc2ccccc2[N+](=O)[O-])c1. The Bertz CT molecular complexity index is 638. The van der Waals surface area contributed by atoms with Crippen LogP contribution in [0.3, 0.4) is 0 Å². The molecule has 1 amide bonds. The number of nitrogens with two attached hydrogens (primary N) is 1. The number of hydrazine groups is 1. The third-order valence-corrected chi connectivity index (χ3v) is 2.48. The van der Waals surface area contributed by atoms with Crippen LogP contribution in [0.25, 0.3) is 0 Å². The van der Waals surface area contributed by atoms with Gasteiger partial charge in [-0.1, -0.05) is 12.1 Å². The van der Waals surface area contributed by atoms with Gasteiger partial charge in [0.1, 0.15) is 18.6 Å². The van der Waals surface area contributed by atoms with E-state index in [2.05, 4.69) is 0 Å². The number of hydrogen-bond donors (Lipinski definition) is 2. The van der Waals surface area contributed by atoms with Crippen LogP contribution in [-0.4, -0.2) is 10.8 Å². The number of nitrogen functional groups attached to an aromatic ring is 1. The van der Waals surface area contributed by atoms with Crippen molar-refractivity contribution >= 4 is 11.6 Å². The molecular formula is C12H11N3O5. The van der Waals surface area contributed by atoms with Crippen LogP contribution in [0.4, 0.5) is 5.69 Å². The first-order chi connectivity index (χ1) is 9.61. The van der Waals surface area contributed by atoms with Crippen LogP contribution in [0.5, 0.6) is 5.75 Å². The number of furan rings is 1. The smallest absolute Gasteiger partial charge is 0.310 e. The van der Waals surface area contributed by atoms with E-state index in [9.17, 15) is 14.9 Å². The molecule has 8 nitrogen and oxygen atoms in total. The third-order valence-electron chi connectivity index (χ3n) is 2.48. The second kappa shape index (κ2) is 5.85. The fraction of sp³-hybridized carbons (Fsp3) is 0.0833. The van der Waals surface area contributed by atoms with Crippen molar-refractivity contribution in [2.45, 2.75) is 6.61 Å². The summed E-state index contributed by atoms with van der Waals surface area (Å²) in [6, 6.07) is 7.43. The topological polar surface area (TPSA) is 121 Å². The van der Waals surface area contributed by atoms with Crippen molar-refractivity contribution in [2.75, 3.05) is 0 Å². The molecule has 2 aromatic rings. The molecule has 0 saturated carbocycles. The molecule has 1 heterocycles. The second-order valence-corrected chi connectivity index (χ2v) is 3.79. The summed E-state index contributed by atoms with van der Waals surface area (Å²) in [5.41, 5.74) is 2.07. The Balaban J connectivity index is 2.07. The maximum absolute atomic E-state index is 11.2. The number of para-hydroxylation sites is 2. The van der Waals surface area contributed by atoms with E-state index in [-0.39, 0.29) is 23.6 Å². The Morgan fingerprint density at radius 2 is 2.20 bits per heavy atom. The molecule has 0 radical (unpaired) electrons. The molecule has 0 aliphatic heterocycles. The van der Waals surface area contributed by atoms with Crippen molar-refractivity contribution in [1.82, 2.24) is 5.43 Å². The Morgan fingerprint density at radius 3 is 2.90 bits per heavy atom. The number of rotatable bonds is 5. The van der Waals surface area contributed by atoms with Gasteiger partial charge in [-0.15, -0.1) is 0 Å². The van der Waals surface area contributed by atoms with E-state index in [1.165, 1.54) is 24.5 Å². The van der Waals surface area contributed by atoms with Gasteiger partial charge >= 0.3 is 5.69 Å². The van der Waals surface area contributed by atoms with Crippen molar-refractivity contribution in [3.05, 3.63) is 58.0 Å². The maximum atomic E-state index is 11.2. The highest BCUT2D eigenvalue weighted by atomic mass is 16.6. The van der Waals surface area contributed by atoms with Gasteiger partial charge in [-0.2, -0.15) is 0 Å². The Morgan fingerprint density at radius 1 is 1.45 bits per heavy atom. The number of hydrogen-bond acceptors (Lipinski definition) is 6. The van der Waals surface area contributed by atoms with Gasteiger partial charge in [-0.25, -0.2) is 5.84 Å². The molecule has 0 saturated heterocycles. The summed E-state index contributed by atoms with van der Waals surface area (Å²) in [6.45, 7) is -0.0390. The van der Waals surface area contributed by atoms with E-state index in [1.807, 2.05) is 5.43 Å². The van der Waals surface area contributed by atoms with Crippen molar-refractivity contribution in [2.24, 2.45) is 5.84 Å². The first-order valence-electron chi connectivity index (χ1n) is 5.56. The lowest BCUT2D eigenvalue weighted by Gasteiger charge is -2.04. The summed E-state index contributed by atoms with van der Waals surface area (Å²) in [4.78, 5) is 21.5. The number of nitro groups is 1. The zero-order chi connectivity index (χ0) is 14.5. The monoisotopic (exact) mass is 277 g/mol. The van der Waals surface area contributed by atoms with Crippen molar-refractivity contribution < 1.29 is 18.9 Å². The van der Waals surface area contributed by atoms with Crippen molar-refractivity contribution in [3.8, 4) is 5.75 Å². The summed E-state index contributed by atoms with van der Waals surface area (Å²) in [5.74, 6) is 4.96. The molecule has 8 heteroatoms. The molecule has 20 heavy (non-hydrogen) atoms. The molecule has 0 unspecified atom stereocenters. The van der Waals surface area contributed by atoms with Gasteiger partial charge in [0.25, 0.3) is 5.91 Å². The van der Waals surface area contributed by atoms with E-state index in [4.69, 9.17) is 15.0 Å². The summed E-state index contributed by atoms with van der Waals surface area (Å²) < 4.78 is 10.4. The molecule has 0 fully saturated rings. The second-order valence-electron chi connectivity index (χ2n) is 3.79. The average Bonchev–Trinajstić information content (AvgIpc) is 2.93. The van der Waals surface area contributed by atoms with Gasteiger partial charge in [-0.05, 0) is 12.1 Å². The van der Waals surface area contributed by atoms with E-state index in [0.29, 0.717) is 5.76 Å². The minimum atomic E-state index is -0.537. The average molecular weight is 277 g/mol. The number of nitrogens with one attached hydrogen (secondary N) is 1. The minimum Gasteiger partial charge on any atom is -0.479 e. The van der Waals surface area contributed by atoms with E-state index in [1.54, 1.807) is 12.1 Å². The van der Waals surface area contributed by atoms with Crippen LogP contribution in [-0.2, 0) is 6.61 Å². The summed E-state index contributed by atoms with van der Waals surface area (Å²) in [7, 11) is 0. The molecule has 0 atom stereocenters. The highest BCUT2D eigenvalue weighted by molar-refractivity contribution is 5.93. The summed E-state index contributed by atoms with van der Waals surface area (Å²) in [5, 5.41) is 10.8. The molecule has 0 aliphatic carbocycles.